The van der Waals surface area contributed by atoms with Gasteiger partial charge in [-0.3, -0.25) is 12.9 Å². The smallest absolute Gasteiger partial charge is 0.465 e. The Balaban J connectivity index is 2.83. The molecule has 0 amide bonds. The molecule has 0 aliphatic rings. The van der Waals surface area contributed by atoms with Crippen LogP contribution >= 0.6 is 12.9 Å². The summed E-state index contributed by atoms with van der Waals surface area (Å²) in [7, 11) is 1.37. The van der Waals surface area contributed by atoms with Crippen molar-refractivity contribution in [2.24, 2.45) is 0 Å². The molecule has 0 aliphatic heterocycles. The highest BCUT2D eigenvalue weighted by atomic mass is 79.9. The molecule has 2 nitrogen and oxygen atoms in total. The number of halogens is 1. The summed E-state index contributed by atoms with van der Waals surface area (Å²) in [5, 5.41) is 0. The third-order valence-electron chi connectivity index (χ3n) is 1.61. The second kappa shape index (κ2) is 6.07. The van der Waals surface area contributed by atoms with Crippen molar-refractivity contribution in [3.63, 3.8) is 0 Å². The lowest BCUT2D eigenvalue weighted by molar-refractivity contribution is 0.0601. The Kier molecular flexibility index (Phi) is 5.02. The molecule has 1 aromatic rings. The van der Waals surface area contributed by atoms with Crippen molar-refractivity contribution < 1.29 is 9.53 Å². The van der Waals surface area contributed by atoms with Crippen molar-refractivity contribution in [2.75, 3.05) is 7.11 Å². The molecule has 14 heavy (non-hydrogen) atoms. The number of esters is 1. The van der Waals surface area contributed by atoms with Gasteiger partial charge in [0.1, 0.15) is 0 Å². The number of hydrogen-bond donors (Lipinski definition) is 0. The van der Waals surface area contributed by atoms with Gasteiger partial charge in [-0.25, -0.2) is 8.84 Å². The Bertz CT molecular complexity index is 375. The van der Waals surface area contributed by atoms with E-state index in [2.05, 4.69) is 27.6 Å². The van der Waals surface area contributed by atoms with Crippen molar-refractivity contribution in [3.05, 3.63) is 35.4 Å². The first-order valence-corrected chi connectivity index (χ1v) is 8.61. The maximum atomic E-state index is 11.1. The Morgan fingerprint density at radius 3 is 2.57 bits per heavy atom. The summed E-state index contributed by atoms with van der Waals surface area (Å²) in [5.41, 5.74) is 1.47. The van der Waals surface area contributed by atoms with E-state index in [-0.39, 0.29) is 5.97 Å². The summed E-state index contributed by atoms with van der Waals surface area (Å²) >= 11 is 2.95. The van der Waals surface area contributed by atoms with E-state index in [0.29, 0.717) is 5.56 Å². The van der Waals surface area contributed by atoms with Gasteiger partial charge in [0, 0.05) is 5.56 Å². The van der Waals surface area contributed by atoms with Crippen molar-refractivity contribution in [1.29, 1.82) is 0 Å². The summed E-state index contributed by atoms with van der Waals surface area (Å²) in [6.07, 6.45) is 0. The van der Waals surface area contributed by atoms with Crippen LogP contribution in [0.15, 0.2) is 24.3 Å². The summed E-state index contributed by atoms with van der Waals surface area (Å²) < 4.78 is 7.60. The molecule has 0 aromatic heterocycles. The van der Waals surface area contributed by atoms with Gasteiger partial charge in [0.05, 0.1) is 12.7 Å². The van der Waals surface area contributed by atoms with Crippen LogP contribution in [-0.4, -0.2) is 31.3 Å². The van der Waals surface area contributed by atoms with Crippen LogP contribution in [0.3, 0.4) is 0 Å². The highest BCUT2D eigenvalue weighted by Crippen LogP contribution is 2.04. The monoisotopic (exact) mass is 262 g/mol. The lowest BCUT2D eigenvalue weighted by Gasteiger charge is -1.97. The van der Waals surface area contributed by atoms with Gasteiger partial charge in [-0.05, 0) is 24.3 Å². The minimum absolute atomic E-state index is 0.320. The van der Waals surface area contributed by atoms with Gasteiger partial charge in [0.25, 0.3) is 0 Å². The van der Waals surface area contributed by atoms with E-state index < -0.39 is 18.2 Å². The first-order valence-electron chi connectivity index (χ1n) is 4.01. The molecule has 0 heterocycles. The second-order valence-corrected chi connectivity index (χ2v) is 4.81. The molecule has 0 unspecified atom stereocenters. The minimum Gasteiger partial charge on any atom is -0.465 e. The molecule has 4 heteroatoms. The van der Waals surface area contributed by atoms with Crippen LogP contribution < -0.4 is 0 Å². The first-order chi connectivity index (χ1) is 6.77. The Labute approximate surface area is 98.6 Å². The molecule has 68 valence electrons. The third-order valence-corrected chi connectivity index (χ3v) is 2.76. The molecule has 0 aliphatic carbocycles. The van der Waals surface area contributed by atoms with Gasteiger partial charge in [-0.15, -0.1) is 5.92 Å². The number of hydrogen-bond acceptors (Lipinski definition) is 2. The Morgan fingerprint density at radius 2 is 2.07 bits per heavy atom. The maximum absolute atomic E-state index is 11.1. The predicted molar refractivity (Wildman–Crippen MR) is 59.3 cm³/mol. The average Bonchev–Trinajstić information content (AvgIpc) is 2.26. The molecule has 1 rings (SSSR count). The zero-order chi connectivity index (χ0) is 10.4. The molecule has 0 N–H and O–H groups in total. The lowest BCUT2D eigenvalue weighted by atomic mass is 10.1. The summed E-state index contributed by atoms with van der Waals surface area (Å²) in [5.74, 6) is 2.67. The van der Waals surface area contributed by atoms with Gasteiger partial charge in [-0.1, -0.05) is 0 Å². The van der Waals surface area contributed by atoms with Gasteiger partial charge >= 0.3 is 24.2 Å². The fraction of sp³-hybridized carbons (Fsp3) is 0.100. The SMILES string of the molecule is COC(=O)c1ccc(C#[C][Mg][Br])cc1. The van der Waals surface area contributed by atoms with E-state index in [9.17, 15) is 4.79 Å². The van der Waals surface area contributed by atoms with E-state index in [1.807, 2.05) is 12.1 Å². The number of ether oxygens (including phenoxy) is 1. The van der Waals surface area contributed by atoms with Crippen LogP contribution in [0.5, 0.6) is 0 Å². The first kappa shape index (κ1) is 11.6. The minimum atomic E-state index is -0.400. The van der Waals surface area contributed by atoms with E-state index >= 15 is 0 Å². The van der Waals surface area contributed by atoms with Crippen LogP contribution in [-0.2, 0) is 4.74 Å². The Hall–Kier alpha value is -0.504. The van der Waals surface area contributed by atoms with Crippen molar-refractivity contribution in [2.45, 2.75) is 0 Å². The third kappa shape index (κ3) is 3.33. The van der Waals surface area contributed by atoms with Crippen LogP contribution in [0.25, 0.3) is 0 Å². The molecule has 0 atom stereocenters. The predicted octanol–water partition coefficient (Wildman–Crippen LogP) is 1.80. The average molecular weight is 263 g/mol. The lowest BCUT2D eigenvalue weighted by Crippen LogP contribution is -2.00. The molecule has 0 saturated carbocycles. The normalized spacial score (nSPS) is 8.14. The molecule has 0 spiro atoms. The van der Waals surface area contributed by atoms with E-state index in [1.165, 1.54) is 7.11 Å². The number of rotatable bonds is 1. The van der Waals surface area contributed by atoms with Crippen molar-refractivity contribution in [1.82, 2.24) is 0 Å². The van der Waals surface area contributed by atoms with Gasteiger partial charge in [0.15, 0.2) is 0 Å². The Morgan fingerprint density at radius 1 is 1.43 bits per heavy atom. The zero-order valence-electron chi connectivity index (χ0n) is 7.71. The molecule has 0 radical (unpaired) electrons. The summed E-state index contributed by atoms with van der Waals surface area (Å²) in [6.45, 7) is 0. The number of carbonyl (C=O) groups is 1. The largest absolute Gasteiger partial charge is 0.569 e. The van der Waals surface area contributed by atoms with Crippen molar-refractivity contribution in [3.8, 4) is 9.97 Å². The van der Waals surface area contributed by atoms with Gasteiger partial charge in [-0.2, -0.15) is 0 Å². The highest BCUT2D eigenvalue weighted by molar-refractivity contribution is 9.23. The fourth-order valence-electron chi connectivity index (χ4n) is 0.943. The van der Waals surface area contributed by atoms with Crippen molar-refractivity contribution >= 4 is 37.0 Å². The fourth-order valence-corrected chi connectivity index (χ4v) is 1.63. The zero-order valence-corrected chi connectivity index (χ0v) is 10.7. The number of carbonyl (C=O) groups excluding carboxylic acids is 1. The second-order valence-electron chi connectivity index (χ2n) is 2.50. The molecular formula is C10H7BrMgO2. The van der Waals surface area contributed by atoms with Crippen LogP contribution in [0.2, 0.25) is 0 Å². The standard InChI is InChI=1S/C10H7O2.BrH.Mg/c1-3-8-4-6-9(7-5-8)10(11)12-2;;/h4-7H,2H3;1H;/q;;+1/p-1. The molecule has 0 bridgehead atoms. The number of benzene rings is 1. The van der Waals surface area contributed by atoms with Crippen LogP contribution in [0.4, 0.5) is 0 Å². The van der Waals surface area contributed by atoms with Crippen LogP contribution in [0.1, 0.15) is 15.9 Å². The number of methoxy groups -OCH3 is 1. The van der Waals surface area contributed by atoms with E-state index in [0.717, 1.165) is 5.56 Å². The van der Waals surface area contributed by atoms with E-state index in [4.69, 9.17) is 0 Å². The molecule has 0 fully saturated rings. The highest BCUT2D eigenvalue weighted by Gasteiger charge is 2.02. The quantitative estimate of drug-likeness (QED) is 0.439. The summed E-state index contributed by atoms with van der Waals surface area (Å²) in [6, 6.07) is 7.06. The molecular weight excluding hydrogens is 256 g/mol. The van der Waals surface area contributed by atoms with E-state index in [1.54, 1.807) is 12.1 Å². The van der Waals surface area contributed by atoms with Gasteiger partial charge < -0.3 is 4.74 Å². The molecule has 1 aromatic carbocycles. The van der Waals surface area contributed by atoms with Gasteiger partial charge in [0.2, 0.25) is 0 Å². The topological polar surface area (TPSA) is 26.3 Å². The summed E-state index contributed by atoms with van der Waals surface area (Å²) in [4.78, 5) is 11.1. The molecule has 0 saturated heterocycles. The maximum Gasteiger partial charge on any atom is 0.569 e. The van der Waals surface area contributed by atoms with Crippen LogP contribution in [0, 0.1) is 9.97 Å².